The van der Waals surface area contributed by atoms with E-state index in [4.69, 9.17) is 0 Å². The van der Waals surface area contributed by atoms with E-state index in [0.29, 0.717) is 17.6 Å². The zero-order valence-electron chi connectivity index (χ0n) is 15.0. The molecule has 1 aromatic rings. The van der Waals surface area contributed by atoms with Crippen LogP contribution < -0.4 is 0 Å². The number of phenolic OH excluding ortho intramolecular Hbond substituents is 1. The predicted molar refractivity (Wildman–Crippen MR) is 97.5 cm³/mol. The van der Waals surface area contributed by atoms with Gasteiger partial charge in [0.15, 0.2) is 0 Å². The summed E-state index contributed by atoms with van der Waals surface area (Å²) in [4.78, 5) is 0. The van der Waals surface area contributed by atoms with E-state index in [1.54, 1.807) is 0 Å². The summed E-state index contributed by atoms with van der Waals surface area (Å²) in [5.41, 5.74) is 1.17. The van der Waals surface area contributed by atoms with E-state index in [9.17, 15) is 5.11 Å². The number of para-hydroxylation sites is 1. The summed E-state index contributed by atoms with van der Waals surface area (Å²) in [7, 11) is 0. The fraction of sp³-hybridized carbons (Fsp3) is 0.714. The Labute approximate surface area is 138 Å². The van der Waals surface area contributed by atoms with Crippen molar-refractivity contribution in [3.8, 4) is 5.75 Å². The lowest BCUT2D eigenvalue weighted by atomic mass is 9.80. The molecule has 2 unspecified atom stereocenters. The number of unbranched alkanes of at least 4 members (excludes halogenated alkanes) is 6. The SMILES string of the molecule is CCCCCCCC(c1ccccc1O)C(C)CCCCC. The molecular formula is C21H36O. The molecule has 1 nitrogen and oxygen atoms in total. The largest absolute Gasteiger partial charge is 0.508 e. The van der Waals surface area contributed by atoms with E-state index >= 15 is 0 Å². The Morgan fingerprint density at radius 3 is 2.09 bits per heavy atom. The van der Waals surface area contributed by atoms with Crippen LogP contribution in [0.5, 0.6) is 5.75 Å². The van der Waals surface area contributed by atoms with Crippen molar-refractivity contribution in [2.75, 3.05) is 0 Å². The lowest BCUT2D eigenvalue weighted by molar-refractivity contribution is 0.366. The fourth-order valence-corrected chi connectivity index (χ4v) is 3.43. The molecule has 1 heteroatoms. The molecule has 0 aromatic heterocycles. The number of benzene rings is 1. The fourth-order valence-electron chi connectivity index (χ4n) is 3.43. The standard InChI is InChI=1S/C21H36O/c1-4-6-8-9-11-15-19(18(3)14-10-7-5-2)20-16-12-13-17-21(20)22/h12-13,16-19,22H,4-11,14-15H2,1-3H3. The van der Waals surface area contributed by atoms with E-state index in [1.807, 2.05) is 12.1 Å². The molecule has 22 heavy (non-hydrogen) atoms. The van der Waals surface area contributed by atoms with Crippen LogP contribution in [-0.2, 0) is 0 Å². The number of hydrogen-bond donors (Lipinski definition) is 1. The smallest absolute Gasteiger partial charge is 0.119 e. The highest BCUT2D eigenvalue weighted by Gasteiger charge is 2.21. The highest BCUT2D eigenvalue weighted by atomic mass is 16.3. The first-order valence-electron chi connectivity index (χ1n) is 9.48. The number of aromatic hydroxyl groups is 1. The third kappa shape index (κ3) is 6.85. The molecule has 1 rings (SSSR count). The Hall–Kier alpha value is -0.980. The second-order valence-electron chi connectivity index (χ2n) is 6.84. The topological polar surface area (TPSA) is 20.2 Å². The van der Waals surface area contributed by atoms with Gasteiger partial charge in [0.05, 0.1) is 0 Å². The average molecular weight is 305 g/mol. The van der Waals surface area contributed by atoms with Crippen LogP contribution in [0.3, 0.4) is 0 Å². The van der Waals surface area contributed by atoms with E-state index in [2.05, 4.69) is 32.9 Å². The van der Waals surface area contributed by atoms with Crippen LogP contribution in [0.4, 0.5) is 0 Å². The van der Waals surface area contributed by atoms with Crippen molar-refractivity contribution in [1.82, 2.24) is 0 Å². The van der Waals surface area contributed by atoms with Gasteiger partial charge >= 0.3 is 0 Å². The first kappa shape index (κ1) is 19.1. The molecule has 0 saturated heterocycles. The summed E-state index contributed by atoms with van der Waals surface area (Å²) in [6.45, 7) is 6.90. The molecular weight excluding hydrogens is 268 g/mol. The van der Waals surface area contributed by atoms with Gasteiger partial charge in [-0.15, -0.1) is 0 Å². The molecule has 1 N–H and O–H groups in total. The molecule has 0 bridgehead atoms. The number of phenols is 1. The van der Waals surface area contributed by atoms with Crippen molar-refractivity contribution >= 4 is 0 Å². The highest BCUT2D eigenvalue weighted by Crippen LogP contribution is 2.37. The zero-order valence-corrected chi connectivity index (χ0v) is 15.0. The molecule has 0 spiro atoms. The van der Waals surface area contributed by atoms with Crippen LogP contribution in [0, 0.1) is 5.92 Å². The van der Waals surface area contributed by atoms with Crippen LogP contribution >= 0.6 is 0 Å². The Bertz CT molecular complexity index is 385. The van der Waals surface area contributed by atoms with Gasteiger partial charge in [-0.3, -0.25) is 0 Å². The van der Waals surface area contributed by atoms with Gasteiger partial charge in [-0.2, -0.15) is 0 Å². The summed E-state index contributed by atoms with van der Waals surface area (Å²) >= 11 is 0. The van der Waals surface area contributed by atoms with Crippen molar-refractivity contribution in [2.45, 2.75) is 90.9 Å². The van der Waals surface area contributed by atoms with Crippen LogP contribution in [0.15, 0.2) is 24.3 Å². The number of rotatable bonds is 12. The molecule has 126 valence electrons. The third-order valence-corrected chi connectivity index (χ3v) is 4.90. The summed E-state index contributed by atoms with van der Waals surface area (Å²) in [6.07, 6.45) is 13.1. The minimum absolute atomic E-state index is 0.489. The van der Waals surface area contributed by atoms with Crippen LogP contribution in [0.25, 0.3) is 0 Å². The molecule has 2 atom stereocenters. The summed E-state index contributed by atoms with van der Waals surface area (Å²) in [5.74, 6) is 1.66. The second-order valence-corrected chi connectivity index (χ2v) is 6.84. The van der Waals surface area contributed by atoms with Gasteiger partial charge in [-0.05, 0) is 29.9 Å². The first-order valence-corrected chi connectivity index (χ1v) is 9.48. The Morgan fingerprint density at radius 2 is 1.41 bits per heavy atom. The minimum Gasteiger partial charge on any atom is -0.508 e. The highest BCUT2D eigenvalue weighted by molar-refractivity contribution is 5.35. The van der Waals surface area contributed by atoms with Crippen molar-refractivity contribution in [2.24, 2.45) is 5.92 Å². The monoisotopic (exact) mass is 304 g/mol. The van der Waals surface area contributed by atoms with E-state index in [1.165, 1.54) is 69.8 Å². The molecule has 0 fully saturated rings. The maximum atomic E-state index is 10.2. The van der Waals surface area contributed by atoms with Gasteiger partial charge in [0.1, 0.15) is 5.75 Å². The lowest BCUT2D eigenvalue weighted by Crippen LogP contribution is -2.11. The molecule has 0 aliphatic carbocycles. The van der Waals surface area contributed by atoms with Gasteiger partial charge in [-0.25, -0.2) is 0 Å². The summed E-state index contributed by atoms with van der Waals surface area (Å²) in [6, 6.07) is 7.97. The van der Waals surface area contributed by atoms with Crippen LogP contribution in [0.2, 0.25) is 0 Å². The Balaban J connectivity index is 2.62. The second kappa shape index (κ2) is 11.6. The van der Waals surface area contributed by atoms with Gasteiger partial charge < -0.3 is 5.11 Å². The maximum absolute atomic E-state index is 10.2. The zero-order chi connectivity index (χ0) is 16.2. The molecule has 1 aromatic carbocycles. The molecule has 0 amide bonds. The Kier molecular flexibility index (Phi) is 10.0. The van der Waals surface area contributed by atoms with Gasteiger partial charge in [-0.1, -0.05) is 96.8 Å². The lowest BCUT2D eigenvalue weighted by Gasteiger charge is -2.25. The Morgan fingerprint density at radius 1 is 0.818 bits per heavy atom. The molecule has 0 aliphatic heterocycles. The number of hydrogen-bond acceptors (Lipinski definition) is 1. The summed E-state index contributed by atoms with van der Waals surface area (Å²) < 4.78 is 0. The predicted octanol–water partition coefficient (Wildman–Crippen LogP) is 7.05. The minimum atomic E-state index is 0.489. The van der Waals surface area contributed by atoms with Crippen LogP contribution in [0.1, 0.15) is 96.5 Å². The van der Waals surface area contributed by atoms with E-state index in [0.717, 1.165) is 0 Å². The molecule has 0 aliphatic rings. The molecule has 0 heterocycles. The van der Waals surface area contributed by atoms with E-state index < -0.39 is 0 Å². The maximum Gasteiger partial charge on any atom is 0.119 e. The third-order valence-electron chi connectivity index (χ3n) is 4.90. The van der Waals surface area contributed by atoms with Gasteiger partial charge in [0, 0.05) is 0 Å². The normalized spacial score (nSPS) is 14.0. The van der Waals surface area contributed by atoms with Crippen molar-refractivity contribution in [3.05, 3.63) is 29.8 Å². The van der Waals surface area contributed by atoms with Crippen LogP contribution in [-0.4, -0.2) is 5.11 Å². The average Bonchev–Trinajstić information content (AvgIpc) is 2.52. The van der Waals surface area contributed by atoms with Gasteiger partial charge in [0.25, 0.3) is 0 Å². The quantitative estimate of drug-likeness (QED) is 0.410. The van der Waals surface area contributed by atoms with Crippen molar-refractivity contribution in [1.29, 1.82) is 0 Å². The van der Waals surface area contributed by atoms with Gasteiger partial charge in [0.2, 0.25) is 0 Å². The molecule has 0 radical (unpaired) electrons. The first-order chi connectivity index (χ1) is 10.7. The van der Waals surface area contributed by atoms with E-state index in [-0.39, 0.29) is 0 Å². The summed E-state index contributed by atoms with van der Waals surface area (Å²) in [5, 5.41) is 10.2. The van der Waals surface area contributed by atoms with Crippen molar-refractivity contribution < 1.29 is 5.11 Å². The molecule has 0 saturated carbocycles. The van der Waals surface area contributed by atoms with Crippen molar-refractivity contribution in [3.63, 3.8) is 0 Å².